The summed E-state index contributed by atoms with van der Waals surface area (Å²) in [6.07, 6.45) is 0.483. The molecular formula is C18H18F3NO2. The number of carbonyl (C=O) groups is 1. The Morgan fingerprint density at radius 3 is 2.25 bits per heavy atom. The summed E-state index contributed by atoms with van der Waals surface area (Å²) in [6, 6.07) is 9.88. The maximum Gasteiger partial charge on any atom is 0.223 e. The predicted octanol–water partition coefficient (Wildman–Crippen LogP) is 3.13. The average Bonchev–Trinajstić information content (AvgIpc) is 2.57. The molecule has 0 aliphatic heterocycles. The van der Waals surface area contributed by atoms with Crippen LogP contribution in [-0.2, 0) is 11.2 Å². The van der Waals surface area contributed by atoms with Crippen molar-refractivity contribution >= 4 is 5.91 Å². The first-order chi connectivity index (χ1) is 11.4. The van der Waals surface area contributed by atoms with Gasteiger partial charge in [0.05, 0.1) is 12.6 Å². The van der Waals surface area contributed by atoms with E-state index in [-0.39, 0.29) is 11.5 Å². The molecule has 0 radical (unpaired) electrons. The lowest BCUT2D eigenvalue weighted by Crippen LogP contribution is -2.35. The van der Waals surface area contributed by atoms with Gasteiger partial charge in [-0.3, -0.25) is 4.79 Å². The summed E-state index contributed by atoms with van der Waals surface area (Å²) in [5.74, 6) is -5.09. The van der Waals surface area contributed by atoms with Gasteiger partial charge in [0, 0.05) is 5.92 Å². The summed E-state index contributed by atoms with van der Waals surface area (Å²) >= 11 is 0. The van der Waals surface area contributed by atoms with Crippen LogP contribution in [0.25, 0.3) is 0 Å². The van der Waals surface area contributed by atoms with Gasteiger partial charge in [0.15, 0.2) is 17.5 Å². The van der Waals surface area contributed by atoms with Crippen LogP contribution in [0, 0.1) is 23.4 Å². The number of carbonyl (C=O) groups excluding carboxylic acids is 1. The van der Waals surface area contributed by atoms with E-state index in [0.717, 1.165) is 17.7 Å². The molecule has 6 heteroatoms. The SMILES string of the molecule is CC(Cc1ccccc1)C(=O)NC(CO)c1cc(F)c(F)c(F)c1. The molecule has 0 aliphatic carbocycles. The second-order valence-electron chi connectivity index (χ2n) is 5.63. The maximum absolute atomic E-state index is 13.3. The minimum Gasteiger partial charge on any atom is -0.394 e. The van der Waals surface area contributed by atoms with E-state index < -0.39 is 36.0 Å². The van der Waals surface area contributed by atoms with Crippen molar-refractivity contribution in [2.45, 2.75) is 19.4 Å². The number of halogens is 3. The highest BCUT2D eigenvalue weighted by Gasteiger charge is 2.21. The standard InChI is InChI=1S/C18H18F3NO2/c1-11(7-12-5-3-2-4-6-12)18(24)22-16(10-23)13-8-14(19)17(21)15(20)9-13/h2-6,8-9,11,16,23H,7,10H2,1H3,(H,22,24). The van der Waals surface area contributed by atoms with Crippen LogP contribution in [0.5, 0.6) is 0 Å². The number of hydrogen-bond donors (Lipinski definition) is 2. The molecular weight excluding hydrogens is 319 g/mol. The minimum absolute atomic E-state index is 0.0332. The fourth-order valence-electron chi connectivity index (χ4n) is 2.39. The Kier molecular flexibility index (Phi) is 5.98. The van der Waals surface area contributed by atoms with E-state index in [1.165, 1.54) is 0 Å². The molecule has 0 saturated heterocycles. The first kappa shape index (κ1) is 18.0. The van der Waals surface area contributed by atoms with Crippen LogP contribution in [-0.4, -0.2) is 17.6 Å². The normalized spacial score (nSPS) is 13.4. The maximum atomic E-state index is 13.3. The first-order valence-corrected chi connectivity index (χ1v) is 7.52. The molecule has 2 aromatic rings. The molecule has 0 aliphatic rings. The Balaban J connectivity index is 2.08. The van der Waals surface area contributed by atoms with E-state index in [9.17, 15) is 23.1 Å². The highest BCUT2D eigenvalue weighted by atomic mass is 19.2. The molecule has 2 atom stereocenters. The van der Waals surface area contributed by atoms with E-state index in [0.29, 0.717) is 6.42 Å². The Morgan fingerprint density at radius 2 is 1.71 bits per heavy atom. The third-order valence-electron chi connectivity index (χ3n) is 3.74. The average molecular weight is 337 g/mol. The fourth-order valence-corrected chi connectivity index (χ4v) is 2.39. The molecule has 3 nitrogen and oxygen atoms in total. The summed E-state index contributed by atoms with van der Waals surface area (Å²) < 4.78 is 39.6. The summed E-state index contributed by atoms with van der Waals surface area (Å²) in [7, 11) is 0. The van der Waals surface area contributed by atoms with Crippen molar-refractivity contribution < 1.29 is 23.1 Å². The smallest absolute Gasteiger partial charge is 0.223 e. The number of aliphatic hydroxyl groups excluding tert-OH is 1. The number of benzene rings is 2. The van der Waals surface area contributed by atoms with Crippen molar-refractivity contribution in [1.29, 1.82) is 0 Å². The van der Waals surface area contributed by atoms with Crippen LogP contribution in [0.2, 0.25) is 0 Å². The lowest BCUT2D eigenvalue weighted by Gasteiger charge is -2.20. The van der Waals surface area contributed by atoms with Gasteiger partial charge < -0.3 is 10.4 Å². The highest BCUT2D eigenvalue weighted by molar-refractivity contribution is 5.79. The van der Waals surface area contributed by atoms with Gasteiger partial charge in [-0.1, -0.05) is 37.3 Å². The fraction of sp³-hybridized carbons (Fsp3) is 0.278. The van der Waals surface area contributed by atoms with Crippen LogP contribution >= 0.6 is 0 Å². The minimum atomic E-state index is -1.58. The third kappa shape index (κ3) is 4.35. The van der Waals surface area contributed by atoms with Crippen LogP contribution in [0.4, 0.5) is 13.2 Å². The molecule has 2 rings (SSSR count). The van der Waals surface area contributed by atoms with Gasteiger partial charge >= 0.3 is 0 Å². The molecule has 2 N–H and O–H groups in total. The van der Waals surface area contributed by atoms with E-state index in [1.54, 1.807) is 6.92 Å². The van der Waals surface area contributed by atoms with Gasteiger partial charge in [0.1, 0.15) is 0 Å². The lowest BCUT2D eigenvalue weighted by atomic mass is 9.99. The van der Waals surface area contributed by atoms with Crippen LogP contribution in [0.3, 0.4) is 0 Å². The predicted molar refractivity (Wildman–Crippen MR) is 83.6 cm³/mol. The van der Waals surface area contributed by atoms with Crippen molar-refractivity contribution in [3.05, 3.63) is 71.0 Å². The summed E-state index contributed by atoms with van der Waals surface area (Å²) in [5.41, 5.74) is 0.939. The molecule has 0 spiro atoms. The zero-order chi connectivity index (χ0) is 17.7. The Bertz CT molecular complexity index is 684. The van der Waals surface area contributed by atoms with E-state index in [4.69, 9.17) is 0 Å². The van der Waals surface area contributed by atoms with Crippen LogP contribution in [0.1, 0.15) is 24.1 Å². The number of aliphatic hydroxyl groups is 1. The van der Waals surface area contributed by atoms with Crippen LogP contribution < -0.4 is 5.32 Å². The molecule has 2 unspecified atom stereocenters. The van der Waals surface area contributed by atoms with Crippen molar-refractivity contribution in [1.82, 2.24) is 5.32 Å². The van der Waals surface area contributed by atoms with Crippen molar-refractivity contribution in [3.63, 3.8) is 0 Å². The zero-order valence-corrected chi connectivity index (χ0v) is 13.1. The summed E-state index contributed by atoms with van der Waals surface area (Å²) in [6.45, 7) is 1.15. The second kappa shape index (κ2) is 7.97. The Morgan fingerprint density at radius 1 is 1.12 bits per heavy atom. The molecule has 1 amide bonds. The summed E-state index contributed by atoms with van der Waals surface area (Å²) in [4.78, 5) is 12.2. The number of amides is 1. The van der Waals surface area contributed by atoms with E-state index in [1.807, 2.05) is 30.3 Å². The largest absolute Gasteiger partial charge is 0.394 e. The quantitative estimate of drug-likeness (QED) is 0.796. The number of rotatable bonds is 6. The van der Waals surface area contributed by atoms with Gasteiger partial charge in [-0.15, -0.1) is 0 Å². The monoisotopic (exact) mass is 337 g/mol. The Hall–Kier alpha value is -2.34. The number of hydrogen-bond acceptors (Lipinski definition) is 2. The van der Waals surface area contributed by atoms with Crippen molar-refractivity contribution in [2.24, 2.45) is 5.92 Å². The van der Waals surface area contributed by atoms with Gasteiger partial charge in [-0.25, -0.2) is 13.2 Å². The van der Waals surface area contributed by atoms with Gasteiger partial charge in [-0.05, 0) is 29.7 Å². The van der Waals surface area contributed by atoms with Crippen molar-refractivity contribution in [3.8, 4) is 0 Å². The van der Waals surface area contributed by atoms with E-state index >= 15 is 0 Å². The number of nitrogens with one attached hydrogen (secondary N) is 1. The molecule has 24 heavy (non-hydrogen) atoms. The third-order valence-corrected chi connectivity index (χ3v) is 3.74. The molecule has 0 fully saturated rings. The molecule has 128 valence electrons. The van der Waals surface area contributed by atoms with Gasteiger partial charge in [0.25, 0.3) is 0 Å². The highest BCUT2D eigenvalue weighted by Crippen LogP contribution is 2.20. The zero-order valence-electron chi connectivity index (χ0n) is 13.1. The second-order valence-corrected chi connectivity index (χ2v) is 5.63. The molecule has 0 aromatic heterocycles. The van der Waals surface area contributed by atoms with Gasteiger partial charge in [-0.2, -0.15) is 0 Å². The topological polar surface area (TPSA) is 49.3 Å². The van der Waals surface area contributed by atoms with E-state index in [2.05, 4.69) is 5.32 Å². The molecule has 0 bridgehead atoms. The van der Waals surface area contributed by atoms with Crippen LogP contribution in [0.15, 0.2) is 42.5 Å². The Labute approximate surface area is 138 Å². The molecule has 2 aromatic carbocycles. The lowest BCUT2D eigenvalue weighted by molar-refractivity contribution is -0.125. The molecule has 0 heterocycles. The van der Waals surface area contributed by atoms with Crippen molar-refractivity contribution in [2.75, 3.05) is 6.61 Å². The summed E-state index contributed by atoms with van der Waals surface area (Å²) in [5, 5.41) is 11.9. The first-order valence-electron chi connectivity index (χ1n) is 7.52. The van der Waals surface area contributed by atoms with Gasteiger partial charge in [0.2, 0.25) is 5.91 Å². The molecule has 0 saturated carbocycles.